The van der Waals surface area contributed by atoms with Crippen molar-refractivity contribution in [3.8, 4) is 28.4 Å². The molecule has 1 heterocycles. The van der Waals surface area contributed by atoms with Gasteiger partial charge in [-0.3, -0.25) is 4.79 Å². The van der Waals surface area contributed by atoms with Crippen LogP contribution < -0.4 is 14.9 Å². The Bertz CT molecular complexity index is 1160. The molecular weight excluding hydrogens is 380 g/mol. The van der Waals surface area contributed by atoms with E-state index in [1.807, 2.05) is 0 Å². The maximum absolute atomic E-state index is 12.8. The fourth-order valence-corrected chi connectivity index (χ4v) is 2.59. The van der Waals surface area contributed by atoms with Crippen molar-refractivity contribution in [2.75, 3.05) is 14.2 Å². The highest BCUT2D eigenvalue weighted by Gasteiger charge is 2.15. The number of hydrogen-bond donors (Lipinski definition) is 1. The van der Waals surface area contributed by atoms with Crippen LogP contribution in [0, 0.1) is 0 Å². The van der Waals surface area contributed by atoms with Gasteiger partial charge in [-0.25, -0.2) is 9.59 Å². The summed E-state index contributed by atoms with van der Waals surface area (Å²) in [6.07, 6.45) is 3.02. The number of benzene rings is 2. The molecule has 1 aromatic heterocycles. The van der Waals surface area contributed by atoms with E-state index in [4.69, 9.17) is 13.9 Å². The summed E-state index contributed by atoms with van der Waals surface area (Å²) in [4.78, 5) is 35.6. The number of carbonyl (C=O) groups is 2. The molecular formula is C21H16O8. The predicted octanol–water partition coefficient (Wildman–Crippen LogP) is 2.81. The molecule has 0 aliphatic rings. The number of aromatic hydroxyl groups is 1. The van der Waals surface area contributed by atoms with Crippen LogP contribution in [-0.2, 0) is 14.3 Å². The van der Waals surface area contributed by atoms with Crippen LogP contribution in [-0.4, -0.2) is 31.3 Å². The van der Waals surface area contributed by atoms with Gasteiger partial charge in [-0.15, -0.1) is 0 Å². The average molecular weight is 396 g/mol. The highest BCUT2D eigenvalue weighted by atomic mass is 16.5. The zero-order chi connectivity index (χ0) is 21.0. The van der Waals surface area contributed by atoms with Crippen LogP contribution in [0.15, 0.2) is 64.0 Å². The number of ether oxygens (including phenoxy) is 3. The van der Waals surface area contributed by atoms with Crippen LogP contribution in [0.3, 0.4) is 0 Å². The van der Waals surface area contributed by atoms with E-state index in [1.165, 1.54) is 26.5 Å². The van der Waals surface area contributed by atoms with Gasteiger partial charge in [-0.2, -0.15) is 0 Å². The van der Waals surface area contributed by atoms with Gasteiger partial charge in [0.25, 0.3) is 0 Å². The molecule has 8 nitrogen and oxygen atoms in total. The second-order valence-electron chi connectivity index (χ2n) is 5.80. The van der Waals surface area contributed by atoms with Crippen molar-refractivity contribution in [2.24, 2.45) is 0 Å². The molecule has 0 saturated carbocycles. The van der Waals surface area contributed by atoms with E-state index < -0.39 is 23.1 Å². The van der Waals surface area contributed by atoms with Crippen LogP contribution in [0.5, 0.6) is 17.2 Å². The topological polar surface area (TPSA) is 112 Å². The number of fused-ring (bicyclic) bond motifs is 1. The number of rotatable bonds is 5. The first-order chi connectivity index (χ1) is 13.9. The summed E-state index contributed by atoms with van der Waals surface area (Å²) in [5, 5.41) is 10.2. The molecule has 29 heavy (non-hydrogen) atoms. The molecule has 0 radical (unpaired) electrons. The summed E-state index contributed by atoms with van der Waals surface area (Å²) < 4.78 is 20.0. The monoisotopic (exact) mass is 396 g/mol. The molecule has 1 N–H and O–H groups in total. The highest BCUT2D eigenvalue weighted by Crippen LogP contribution is 2.30. The normalized spacial score (nSPS) is 10.8. The maximum atomic E-state index is 12.8. The van der Waals surface area contributed by atoms with E-state index in [9.17, 15) is 19.5 Å². The number of carbonyl (C=O) groups excluding carboxylic acids is 2. The number of phenolic OH excluding ortho intramolecular Hbond substituents is 1. The van der Waals surface area contributed by atoms with E-state index in [0.717, 1.165) is 18.2 Å². The Morgan fingerprint density at radius 2 is 1.69 bits per heavy atom. The smallest absolute Gasteiger partial charge is 0.336 e. The fourth-order valence-electron chi connectivity index (χ4n) is 2.59. The fraction of sp³-hybridized carbons (Fsp3) is 0.0952. The Hall–Kier alpha value is -4.07. The highest BCUT2D eigenvalue weighted by molar-refractivity contribution is 5.93. The van der Waals surface area contributed by atoms with Crippen LogP contribution >= 0.6 is 0 Å². The van der Waals surface area contributed by atoms with Crippen molar-refractivity contribution in [3.05, 3.63) is 65.0 Å². The first kappa shape index (κ1) is 19.7. The third-order valence-corrected chi connectivity index (χ3v) is 4.01. The first-order valence-electron chi connectivity index (χ1n) is 8.33. The van der Waals surface area contributed by atoms with Gasteiger partial charge in [-0.1, -0.05) is 12.1 Å². The van der Waals surface area contributed by atoms with Gasteiger partial charge < -0.3 is 23.7 Å². The molecule has 3 rings (SSSR count). The minimum absolute atomic E-state index is 0.0343. The Kier molecular flexibility index (Phi) is 5.64. The van der Waals surface area contributed by atoms with Gasteiger partial charge in [0.15, 0.2) is 0 Å². The standard InChI is InChI=1S/C21H16O8/c1-26-13-5-3-12(4-6-13)15-11-28-17-10-14(9-16(22)20(17)21(15)25)29-19(24)8-7-18(23)27-2/h3-11,22H,1-2H3/b8-7+. The Labute approximate surface area is 164 Å². The van der Waals surface area contributed by atoms with E-state index in [2.05, 4.69) is 4.74 Å². The Morgan fingerprint density at radius 3 is 2.34 bits per heavy atom. The molecule has 0 spiro atoms. The quantitative estimate of drug-likeness (QED) is 0.398. The van der Waals surface area contributed by atoms with Crippen molar-refractivity contribution in [1.29, 1.82) is 0 Å². The lowest BCUT2D eigenvalue weighted by molar-refractivity contribution is -0.135. The molecule has 0 atom stereocenters. The molecule has 0 aliphatic carbocycles. The van der Waals surface area contributed by atoms with Crippen LogP contribution in [0.25, 0.3) is 22.1 Å². The minimum atomic E-state index is -0.869. The summed E-state index contributed by atoms with van der Waals surface area (Å²) in [7, 11) is 2.70. The van der Waals surface area contributed by atoms with Crippen molar-refractivity contribution < 1.29 is 33.3 Å². The molecule has 148 valence electrons. The maximum Gasteiger partial charge on any atom is 0.336 e. The van der Waals surface area contributed by atoms with Gasteiger partial charge in [0.05, 0.1) is 19.8 Å². The van der Waals surface area contributed by atoms with E-state index in [1.54, 1.807) is 24.3 Å². The van der Waals surface area contributed by atoms with Gasteiger partial charge >= 0.3 is 11.9 Å². The van der Waals surface area contributed by atoms with E-state index in [-0.39, 0.29) is 22.3 Å². The lowest BCUT2D eigenvalue weighted by atomic mass is 10.0. The first-order valence-corrected chi connectivity index (χ1v) is 8.33. The lowest BCUT2D eigenvalue weighted by Crippen LogP contribution is -2.07. The summed E-state index contributed by atoms with van der Waals surface area (Å²) in [5.41, 5.74) is 0.426. The van der Waals surface area contributed by atoms with Crippen LogP contribution in [0.4, 0.5) is 0 Å². The molecule has 0 bridgehead atoms. The molecule has 0 unspecified atom stereocenters. The van der Waals surface area contributed by atoms with Crippen molar-refractivity contribution >= 4 is 22.9 Å². The second-order valence-corrected chi connectivity index (χ2v) is 5.80. The molecule has 3 aromatic rings. The number of hydrogen-bond acceptors (Lipinski definition) is 8. The largest absolute Gasteiger partial charge is 0.507 e. The lowest BCUT2D eigenvalue weighted by Gasteiger charge is -2.07. The van der Waals surface area contributed by atoms with Gasteiger partial charge in [0.1, 0.15) is 34.5 Å². The molecule has 2 aromatic carbocycles. The van der Waals surface area contributed by atoms with Gasteiger partial charge in [0.2, 0.25) is 5.43 Å². The van der Waals surface area contributed by atoms with Crippen molar-refractivity contribution in [1.82, 2.24) is 0 Å². The van der Waals surface area contributed by atoms with Crippen molar-refractivity contribution in [3.63, 3.8) is 0 Å². The zero-order valence-electron chi connectivity index (χ0n) is 15.5. The summed E-state index contributed by atoms with van der Waals surface area (Å²) in [5.74, 6) is -1.43. The zero-order valence-corrected chi connectivity index (χ0v) is 15.5. The third-order valence-electron chi connectivity index (χ3n) is 4.01. The third kappa shape index (κ3) is 4.27. The summed E-state index contributed by atoms with van der Waals surface area (Å²) in [6.45, 7) is 0. The molecule has 0 aliphatic heterocycles. The Balaban J connectivity index is 1.95. The Morgan fingerprint density at radius 1 is 1.00 bits per heavy atom. The van der Waals surface area contributed by atoms with E-state index in [0.29, 0.717) is 11.3 Å². The molecule has 8 heteroatoms. The van der Waals surface area contributed by atoms with E-state index >= 15 is 0 Å². The average Bonchev–Trinajstić information content (AvgIpc) is 2.72. The SMILES string of the molecule is COC(=O)/C=C/C(=O)Oc1cc(O)c2c(=O)c(-c3ccc(OC)cc3)coc2c1. The second kappa shape index (κ2) is 8.30. The number of esters is 2. The molecule has 0 amide bonds. The minimum Gasteiger partial charge on any atom is -0.507 e. The molecule has 0 fully saturated rings. The number of methoxy groups -OCH3 is 2. The predicted molar refractivity (Wildman–Crippen MR) is 103 cm³/mol. The summed E-state index contributed by atoms with van der Waals surface area (Å²) in [6, 6.07) is 9.18. The summed E-state index contributed by atoms with van der Waals surface area (Å²) >= 11 is 0. The van der Waals surface area contributed by atoms with Crippen molar-refractivity contribution in [2.45, 2.75) is 0 Å². The number of phenols is 1. The molecule has 0 saturated heterocycles. The van der Waals surface area contributed by atoms with Gasteiger partial charge in [-0.05, 0) is 17.7 Å². The van der Waals surface area contributed by atoms with Gasteiger partial charge in [0, 0.05) is 24.3 Å². The van der Waals surface area contributed by atoms with Crippen LogP contribution in [0.2, 0.25) is 0 Å². The van der Waals surface area contributed by atoms with Crippen LogP contribution in [0.1, 0.15) is 0 Å².